The zero-order valence-corrected chi connectivity index (χ0v) is 15.0. The van der Waals surface area contributed by atoms with Crippen LogP contribution in [-0.4, -0.2) is 34.2 Å². The molecule has 2 aliphatic rings. The molecule has 0 amide bonds. The summed E-state index contributed by atoms with van der Waals surface area (Å²) in [4.78, 5) is 12.7. The van der Waals surface area contributed by atoms with E-state index in [1.807, 2.05) is 18.2 Å². The number of carbonyl (C=O) groups is 1. The van der Waals surface area contributed by atoms with Crippen molar-refractivity contribution < 1.29 is 14.3 Å². The Hall–Kier alpha value is -1.97. The molecule has 0 unspecified atom stereocenters. The minimum atomic E-state index is -0.173. The Morgan fingerprint density at radius 3 is 1.54 bits per heavy atom. The van der Waals surface area contributed by atoms with Crippen molar-refractivity contribution in [2.75, 3.05) is 28.4 Å². The van der Waals surface area contributed by atoms with E-state index in [1.54, 1.807) is 28.4 Å². The van der Waals surface area contributed by atoms with Gasteiger partial charge in [0.1, 0.15) is 0 Å². The molecule has 2 aromatic carbocycles. The summed E-state index contributed by atoms with van der Waals surface area (Å²) >= 11 is 0. The second kappa shape index (κ2) is 8.22. The number of carbonyl (C=O) groups excluding carboxylic acids is 1. The Bertz CT molecular complexity index is 658. The fourth-order valence-corrected chi connectivity index (χ4v) is 3.61. The Kier molecular flexibility index (Phi) is 6.29. The van der Waals surface area contributed by atoms with Gasteiger partial charge in [0.05, 0.1) is 0 Å². The summed E-state index contributed by atoms with van der Waals surface area (Å²) in [5.41, 5.74) is 4.73. The zero-order valence-electron chi connectivity index (χ0n) is 15.0. The van der Waals surface area contributed by atoms with Gasteiger partial charge in [-0.1, -0.05) is 48.5 Å². The molecule has 0 saturated carbocycles. The van der Waals surface area contributed by atoms with Crippen molar-refractivity contribution in [3.8, 4) is 0 Å². The molecule has 24 heavy (non-hydrogen) atoms. The maximum atomic E-state index is 12.7. The molecule has 0 saturated heterocycles. The van der Waals surface area contributed by atoms with Gasteiger partial charge in [0, 0.05) is 39.4 Å². The first-order valence-electron chi connectivity index (χ1n) is 8.11. The maximum absolute atomic E-state index is 12.7. The number of ether oxygens (including phenoxy) is 2. The third-order valence-corrected chi connectivity index (χ3v) is 4.45. The van der Waals surface area contributed by atoms with Gasteiger partial charge in [0.15, 0.2) is 5.78 Å². The van der Waals surface area contributed by atoms with E-state index in [0.717, 1.165) is 24.8 Å². The summed E-state index contributed by atoms with van der Waals surface area (Å²) in [5.74, 6) is 0.356. The van der Waals surface area contributed by atoms with E-state index in [4.69, 9.17) is 0 Å². The number of hydrogen-bond acceptors (Lipinski definition) is 3. The van der Waals surface area contributed by atoms with Crippen molar-refractivity contribution in [1.82, 2.24) is 0 Å². The standard InChI is InChI=1S/C17H14O.2C2H6O/c18-16-15-8-4-3-7-14(15)11-17(16)9-12-5-1-2-6-13(12)10-17;2*1-3-2/h1-8H,9-11H2;2*1-2H3. The third-order valence-electron chi connectivity index (χ3n) is 4.45. The van der Waals surface area contributed by atoms with Crippen LogP contribution in [0.4, 0.5) is 0 Å². The molecular formula is C21H26O3. The Morgan fingerprint density at radius 2 is 1.08 bits per heavy atom. The van der Waals surface area contributed by atoms with Crippen LogP contribution in [-0.2, 0) is 28.7 Å². The Morgan fingerprint density at radius 1 is 0.708 bits per heavy atom. The fourth-order valence-electron chi connectivity index (χ4n) is 3.61. The molecule has 3 nitrogen and oxygen atoms in total. The Balaban J connectivity index is 0.000000308. The van der Waals surface area contributed by atoms with E-state index in [0.29, 0.717) is 5.78 Å². The molecule has 0 fully saturated rings. The van der Waals surface area contributed by atoms with Crippen molar-refractivity contribution >= 4 is 5.78 Å². The van der Waals surface area contributed by atoms with Gasteiger partial charge in [-0.25, -0.2) is 0 Å². The van der Waals surface area contributed by atoms with Crippen LogP contribution in [0.3, 0.4) is 0 Å². The molecule has 2 aliphatic carbocycles. The first kappa shape index (κ1) is 18.4. The minimum absolute atomic E-state index is 0.173. The van der Waals surface area contributed by atoms with Crippen LogP contribution in [0.2, 0.25) is 0 Å². The van der Waals surface area contributed by atoms with Crippen molar-refractivity contribution in [3.05, 3.63) is 70.8 Å². The maximum Gasteiger partial charge on any atom is 0.170 e. The van der Waals surface area contributed by atoms with Gasteiger partial charge >= 0.3 is 0 Å². The fraction of sp³-hybridized carbons (Fsp3) is 0.381. The van der Waals surface area contributed by atoms with Gasteiger partial charge in [0.25, 0.3) is 0 Å². The highest BCUT2D eigenvalue weighted by Crippen LogP contribution is 2.46. The normalized spacial score (nSPS) is 15.8. The predicted octanol–water partition coefficient (Wildman–Crippen LogP) is 3.74. The molecule has 2 aromatic rings. The van der Waals surface area contributed by atoms with Gasteiger partial charge in [0.2, 0.25) is 0 Å². The lowest BCUT2D eigenvalue weighted by Crippen LogP contribution is -2.28. The van der Waals surface area contributed by atoms with E-state index >= 15 is 0 Å². The van der Waals surface area contributed by atoms with Gasteiger partial charge < -0.3 is 9.47 Å². The lowest BCUT2D eigenvalue weighted by Gasteiger charge is -2.20. The average molecular weight is 326 g/mol. The van der Waals surface area contributed by atoms with E-state index in [2.05, 4.69) is 39.8 Å². The number of ketones is 1. The van der Waals surface area contributed by atoms with Crippen molar-refractivity contribution in [2.24, 2.45) is 5.41 Å². The van der Waals surface area contributed by atoms with Gasteiger partial charge in [-0.2, -0.15) is 0 Å². The highest BCUT2D eigenvalue weighted by Gasteiger charge is 2.48. The quantitative estimate of drug-likeness (QED) is 0.740. The topological polar surface area (TPSA) is 35.5 Å². The van der Waals surface area contributed by atoms with Crippen LogP contribution < -0.4 is 0 Å². The molecule has 0 aliphatic heterocycles. The largest absolute Gasteiger partial charge is 0.388 e. The average Bonchev–Trinajstić information content (AvgIpc) is 3.07. The van der Waals surface area contributed by atoms with Crippen molar-refractivity contribution in [1.29, 1.82) is 0 Å². The number of Topliss-reactive ketones (excluding diaryl/α,β-unsaturated/α-hetero) is 1. The lowest BCUT2D eigenvalue weighted by molar-refractivity contribution is 0.0831. The number of methoxy groups -OCH3 is 2. The highest BCUT2D eigenvalue weighted by atomic mass is 16.5. The molecule has 128 valence electrons. The van der Waals surface area contributed by atoms with E-state index in [-0.39, 0.29) is 5.41 Å². The minimum Gasteiger partial charge on any atom is -0.388 e. The summed E-state index contributed by atoms with van der Waals surface area (Å²) in [6.07, 6.45) is 2.74. The van der Waals surface area contributed by atoms with E-state index < -0.39 is 0 Å². The van der Waals surface area contributed by atoms with E-state index in [1.165, 1.54) is 16.7 Å². The predicted molar refractivity (Wildman–Crippen MR) is 96.6 cm³/mol. The van der Waals surface area contributed by atoms with Crippen LogP contribution in [0.1, 0.15) is 27.0 Å². The number of benzene rings is 2. The van der Waals surface area contributed by atoms with Crippen LogP contribution in [0.15, 0.2) is 48.5 Å². The second-order valence-corrected chi connectivity index (χ2v) is 6.38. The lowest BCUT2D eigenvalue weighted by atomic mass is 9.81. The van der Waals surface area contributed by atoms with Crippen LogP contribution in [0.25, 0.3) is 0 Å². The molecule has 0 bridgehead atoms. The molecule has 0 N–H and O–H groups in total. The molecule has 0 heterocycles. The first-order valence-corrected chi connectivity index (χ1v) is 8.11. The zero-order chi connectivity index (χ0) is 17.6. The smallest absolute Gasteiger partial charge is 0.170 e. The summed E-state index contributed by atoms with van der Waals surface area (Å²) in [6.45, 7) is 0. The summed E-state index contributed by atoms with van der Waals surface area (Å²) in [6, 6.07) is 16.6. The molecule has 3 heteroatoms. The van der Waals surface area contributed by atoms with Gasteiger partial charge in [-0.05, 0) is 36.0 Å². The monoisotopic (exact) mass is 326 g/mol. The summed E-state index contributed by atoms with van der Waals surface area (Å²) in [7, 11) is 6.50. The molecule has 1 spiro atoms. The molecule has 0 aromatic heterocycles. The molecule has 0 atom stereocenters. The van der Waals surface area contributed by atoms with Gasteiger partial charge in [-0.15, -0.1) is 0 Å². The Labute approximate surface area is 144 Å². The third kappa shape index (κ3) is 3.58. The van der Waals surface area contributed by atoms with E-state index in [9.17, 15) is 4.79 Å². The summed E-state index contributed by atoms with van der Waals surface area (Å²) in [5, 5.41) is 0. The molecule has 0 radical (unpaired) electrons. The van der Waals surface area contributed by atoms with Crippen LogP contribution in [0.5, 0.6) is 0 Å². The highest BCUT2D eigenvalue weighted by molar-refractivity contribution is 6.05. The van der Waals surface area contributed by atoms with Crippen LogP contribution in [0, 0.1) is 5.41 Å². The van der Waals surface area contributed by atoms with Gasteiger partial charge in [-0.3, -0.25) is 4.79 Å². The SMILES string of the molecule is COC.COC.O=C1c2ccccc2CC12Cc1ccccc1C2. The number of hydrogen-bond donors (Lipinski definition) is 0. The number of fused-ring (bicyclic) bond motifs is 2. The van der Waals surface area contributed by atoms with Crippen molar-refractivity contribution in [2.45, 2.75) is 19.3 Å². The molecular weight excluding hydrogens is 300 g/mol. The number of rotatable bonds is 0. The van der Waals surface area contributed by atoms with Crippen molar-refractivity contribution in [3.63, 3.8) is 0 Å². The molecule has 4 rings (SSSR count). The van der Waals surface area contributed by atoms with Crippen LogP contribution >= 0.6 is 0 Å². The first-order chi connectivity index (χ1) is 11.6. The summed E-state index contributed by atoms with van der Waals surface area (Å²) < 4.78 is 8.50. The second-order valence-electron chi connectivity index (χ2n) is 6.38.